The minimum Gasteiger partial charge on any atom is -0.476 e. The number of carbonyl (C=O) groups excluding carboxylic acids is 1. The highest BCUT2D eigenvalue weighted by Gasteiger charge is 2.21. The van der Waals surface area contributed by atoms with Crippen molar-refractivity contribution in [1.29, 1.82) is 0 Å². The SMILES string of the molecule is CC(=O)c1sc(Nc2c(F)cc(F)cc2Cl)nc1C(=O)O. The molecule has 0 spiro atoms. The summed E-state index contributed by atoms with van der Waals surface area (Å²) in [6.07, 6.45) is 0. The molecule has 1 aromatic carbocycles. The van der Waals surface area contributed by atoms with Gasteiger partial charge in [-0.05, 0) is 6.07 Å². The van der Waals surface area contributed by atoms with Crippen molar-refractivity contribution in [3.05, 3.63) is 39.4 Å². The molecule has 1 heterocycles. The number of ketones is 1. The van der Waals surface area contributed by atoms with Crippen molar-refractivity contribution >= 4 is 45.5 Å². The van der Waals surface area contributed by atoms with Gasteiger partial charge in [0.2, 0.25) is 0 Å². The van der Waals surface area contributed by atoms with Crippen LogP contribution in [0.25, 0.3) is 0 Å². The molecule has 0 atom stereocenters. The van der Waals surface area contributed by atoms with E-state index in [1.165, 1.54) is 6.92 Å². The number of hydrogen-bond acceptors (Lipinski definition) is 5. The molecule has 2 rings (SSSR count). The zero-order valence-electron chi connectivity index (χ0n) is 10.4. The summed E-state index contributed by atoms with van der Waals surface area (Å²) < 4.78 is 26.6. The molecule has 0 fully saturated rings. The molecule has 0 unspecified atom stereocenters. The Hall–Kier alpha value is -2.06. The molecule has 0 radical (unpaired) electrons. The predicted octanol–water partition coefficient (Wildman–Crippen LogP) is 3.72. The van der Waals surface area contributed by atoms with Crippen LogP contribution in [0.5, 0.6) is 0 Å². The smallest absolute Gasteiger partial charge is 0.356 e. The first-order valence-electron chi connectivity index (χ1n) is 5.46. The fraction of sp³-hybridized carbons (Fsp3) is 0.0833. The molecule has 0 aliphatic carbocycles. The third-order valence-corrected chi connectivity index (χ3v) is 3.76. The largest absolute Gasteiger partial charge is 0.476 e. The maximum absolute atomic E-state index is 13.6. The number of carbonyl (C=O) groups is 2. The molecule has 9 heteroatoms. The third kappa shape index (κ3) is 3.17. The molecule has 0 bridgehead atoms. The minimum absolute atomic E-state index is 0.0370. The Kier molecular flexibility index (Phi) is 4.19. The van der Waals surface area contributed by atoms with Crippen LogP contribution in [0, 0.1) is 11.6 Å². The van der Waals surface area contributed by atoms with Gasteiger partial charge in [0.15, 0.2) is 22.4 Å². The van der Waals surface area contributed by atoms with Crippen LogP contribution in [0.1, 0.15) is 27.1 Å². The van der Waals surface area contributed by atoms with E-state index in [-0.39, 0.29) is 20.7 Å². The van der Waals surface area contributed by atoms with Gasteiger partial charge in [-0.2, -0.15) is 0 Å². The number of Topliss-reactive ketones (excluding diaryl/α,β-unsaturated/α-hetero) is 1. The molecule has 0 saturated carbocycles. The Labute approximate surface area is 126 Å². The number of thiazole rings is 1. The Morgan fingerprint density at radius 3 is 2.52 bits per heavy atom. The molecule has 21 heavy (non-hydrogen) atoms. The van der Waals surface area contributed by atoms with E-state index in [0.29, 0.717) is 6.07 Å². The van der Waals surface area contributed by atoms with Crippen molar-refractivity contribution in [2.45, 2.75) is 6.92 Å². The van der Waals surface area contributed by atoms with E-state index >= 15 is 0 Å². The molecule has 1 aromatic heterocycles. The fourth-order valence-electron chi connectivity index (χ4n) is 1.53. The number of aromatic carboxylic acids is 1. The molecular weight excluding hydrogens is 326 g/mol. The number of aromatic nitrogens is 1. The van der Waals surface area contributed by atoms with Crippen LogP contribution in [0.15, 0.2) is 12.1 Å². The van der Waals surface area contributed by atoms with Crippen molar-refractivity contribution < 1.29 is 23.5 Å². The number of anilines is 2. The van der Waals surface area contributed by atoms with Crippen LogP contribution in [0.2, 0.25) is 5.02 Å². The highest BCUT2D eigenvalue weighted by Crippen LogP contribution is 2.32. The average molecular weight is 333 g/mol. The summed E-state index contributed by atoms with van der Waals surface area (Å²) in [6, 6.07) is 1.51. The van der Waals surface area contributed by atoms with Gasteiger partial charge in [-0.15, -0.1) is 0 Å². The second kappa shape index (κ2) is 5.74. The van der Waals surface area contributed by atoms with Gasteiger partial charge in [0.05, 0.1) is 10.7 Å². The molecule has 0 aliphatic rings. The molecule has 5 nitrogen and oxygen atoms in total. The van der Waals surface area contributed by atoms with Crippen LogP contribution in [0.3, 0.4) is 0 Å². The van der Waals surface area contributed by atoms with E-state index in [9.17, 15) is 18.4 Å². The maximum atomic E-state index is 13.6. The first kappa shape index (κ1) is 15.3. The molecule has 0 aliphatic heterocycles. The summed E-state index contributed by atoms with van der Waals surface area (Å²) in [5.74, 6) is -3.67. The lowest BCUT2D eigenvalue weighted by atomic mass is 10.3. The van der Waals surface area contributed by atoms with Crippen molar-refractivity contribution in [3.8, 4) is 0 Å². The predicted molar refractivity (Wildman–Crippen MR) is 73.7 cm³/mol. The van der Waals surface area contributed by atoms with Gasteiger partial charge in [-0.3, -0.25) is 4.79 Å². The Morgan fingerprint density at radius 2 is 2.05 bits per heavy atom. The van der Waals surface area contributed by atoms with Crippen LogP contribution < -0.4 is 5.32 Å². The van der Waals surface area contributed by atoms with Crippen LogP contribution >= 0.6 is 22.9 Å². The molecule has 2 N–H and O–H groups in total. The fourth-order valence-corrected chi connectivity index (χ4v) is 2.62. The number of benzene rings is 1. The standard InChI is InChI=1S/C12H7ClF2N2O3S/c1-4(18)10-9(11(19)20)17-12(21-10)16-8-6(13)2-5(14)3-7(8)15/h2-3H,1H3,(H,16,17)(H,19,20). The lowest BCUT2D eigenvalue weighted by molar-refractivity contribution is 0.0687. The summed E-state index contributed by atoms with van der Waals surface area (Å²) in [7, 11) is 0. The van der Waals surface area contributed by atoms with Gasteiger partial charge < -0.3 is 10.4 Å². The van der Waals surface area contributed by atoms with E-state index in [4.69, 9.17) is 16.7 Å². The zero-order valence-corrected chi connectivity index (χ0v) is 12.0. The van der Waals surface area contributed by atoms with Gasteiger partial charge in [0.1, 0.15) is 10.7 Å². The lowest BCUT2D eigenvalue weighted by Gasteiger charge is -2.06. The van der Waals surface area contributed by atoms with Gasteiger partial charge >= 0.3 is 5.97 Å². The topological polar surface area (TPSA) is 79.3 Å². The van der Waals surface area contributed by atoms with Crippen LogP contribution in [-0.2, 0) is 0 Å². The molecule has 110 valence electrons. The quantitative estimate of drug-likeness (QED) is 0.834. The lowest BCUT2D eigenvalue weighted by Crippen LogP contribution is -2.04. The van der Waals surface area contributed by atoms with E-state index < -0.39 is 29.1 Å². The summed E-state index contributed by atoms with van der Waals surface area (Å²) in [4.78, 5) is 25.9. The van der Waals surface area contributed by atoms with Crippen molar-refractivity contribution in [3.63, 3.8) is 0 Å². The number of hydrogen-bond donors (Lipinski definition) is 2. The van der Waals surface area contributed by atoms with E-state index in [0.717, 1.165) is 17.4 Å². The van der Waals surface area contributed by atoms with Crippen molar-refractivity contribution in [2.75, 3.05) is 5.32 Å². The first-order valence-corrected chi connectivity index (χ1v) is 6.65. The second-order valence-corrected chi connectivity index (χ2v) is 5.33. The van der Waals surface area contributed by atoms with Crippen LogP contribution in [-0.4, -0.2) is 21.8 Å². The Bertz CT molecular complexity index is 694. The van der Waals surface area contributed by atoms with Gasteiger partial charge in [-0.1, -0.05) is 22.9 Å². The molecule has 2 aromatic rings. The monoisotopic (exact) mass is 332 g/mol. The van der Waals surface area contributed by atoms with Gasteiger partial charge in [0, 0.05) is 13.0 Å². The van der Waals surface area contributed by atoms with Crippen molar-refractivity contribution in [1.82, 2.24) is 4.98 Å². The second-order valence-electron chi connectivity index (χ2n) is 3.93. The first-order chi connectivity index (χ1) is 9.79. The molecule has 0 saturated heterocycles. The number of carboxylic acid groups (broad SMARTS) is 1. The minimum atomic E-state index is -1.38. The maximum Gasteiger partial charge on any atom is 0.356 e. The zero-order chi connectivity index (χ0) is 15.7. The highest BCUT2D eigenvalue weighted by atomic mass is 35.5. The van der Waals surface area contributed by atoms with E-state index in [2.05, 4.69) is 10.3 Å². The van der Waals surface area contributed by atoms with Gasteiger partial charge in [-0.25, -0.2) is 18.6 Å². The van der Waals surface area contributed by atoms with E-state index in [1.54, 1.807) is 0 Å². The molecular formula is C12H7ClF2N2O3S. The Morgan fingerprint density at radius 1 is 1.38 bits per heavy atom. The Balaban J connectivity index is 2.43. The normalized spacial score (nSPS) is 10.5. The molecule has 0 amide bonds. The third-order valence-electron chi connectivity index (χ3n) is 2.39. The summed E-state index contributed by atoms with van der Waals surface area (Å²) in [6.45, 7) is 1.19. The number of nitrogens with one attached hydrogen (secondary N) is 1. The summed E-state index contributed by atoms with van der Waals surface area (Å²) in [5.41, 5.74) is -0.688. The van der Waals surface area contributed by atoms with Crippen molar-refractivity contribution in [2.24, 2.45) is 0 Å². The highest BCUT2D eigenvalue weighted by molar-refractivity contribution is 7.17. The average Bonchev–Trinajstić information content (AvgIpc) is 2.78. The van der Waals surface area contributed by atoms with Gasteiger partial charge in [0.25, 0.3) is 0 Å². The number of carboxylic acids is 1. The summed E-state index contributed by atoms with van der Waals surface area (Å²) >= 11 is 6.45. The number of nitrogens with zero attached hydrogens (tertiary/aromatic N) is 1. The van der Waals surface area contributed by atoms with Crippen LogP contribution in [0.4, 0.5) is 19.6 Å². The number of halogens is 3. The van der Waals surface area contributed by atoms with E-state index in [1.807, 2.05) is 0 Å². The summed E-state index contributed by atoms with van der Waals surface area (Å²) in [5, 5.41) is 11.1. The number of rotatable bonds is 4.